The maximum absolute atomic E-state index is 2.49. The summed E-state index contributed by atoms with van der Waals surface area (Å²) in [7, 11) is 0. The molecule has 2 unspecified atom stereocenters. The molecule has 4 aliphatic rings. The number of nitrogens with zero attached hydrogens (tertiary/aromatic N) is 2. The molecule has 0 saturated carbocycles. The average Bonchev–Trinajstić information content (AvgIpc) is 1.62. The standard InChI is InChI=1S/C46H36N2.C41H32/c1-46(2)44-30-39(48(36-19-11-5-12-20-36)37-21-13-6-14-22-37)24-26-41(44)43-29-33-27-32-28-38(23-25-40(32)42(33)31-45(43)46)47(34-15-7-3-8-16-34)35-17-9-4-10-18-35;1-41(2)37-20-12-11-18-32(37)36-26-30(22-24-38(36)41)39(27-13-5-3-6-14-27)29-21-23-34-35(25-29)31-17-9-10-19-33(31)40(34)28-15-7-4-8-16-28/h3-26,28-31H,27H2,1-2H3;3-26,39-40H,1-2H3. The largest absolute Gasteiger partial charge is 0.310 e. The highest BCUT2D eigenvalue weighted by Crippen LogP contribution is 2.56. The Morgan fingerprint density at radius 1 is 0.270 bits per heavy atom. The van der Waals surface area contributed by atoms with E-state index in [1.54, 1.807) is 0 Å². The quantitative estimate of drug-likeness (QED) is 0.126. The number of fused-ring (bicyclic) bond motifs is 12. The van der Waals surface area contributed by atoms with Crippen molar-refractivity contribution in [3.8, 4) is 44.5 Å². The Bertz CT molecular complexity index is 4720. The predicted octanol–water partition coefficient (Wildman–Crippen LogP) is 22.8. The summed E-state index contributed by atoms with van der Waals surface area (Å²) in [5.41, 5.74) is 34.4. The Hall–Kier alpha value is -10.5. The smallest absolute Gasteiger partial charge is 0.0465 e. The third-order valence-corrected chi connectivity index (χ3v) is 19.7. The molecule has 0 bridgehead atoms. The summed E-state index contributed by atoms with van der Waals surface area (Å²) < 4.78 is 0. The number of hydrogen-bond donors (Lipinski definition) is 0. The number of rotatable bonds is 10. The first kappa shape index (κ1) is 53.9. The molecule has 0 amide bonds. The Labute approximate surface area is 524 Å². The third kappa shape index (κ3) is 9.16. The molecule has 13 aromatic carbocycles. The van der Waals surface area contributed by atoms with E-state index in [1.807, 2.05) is 0 Å². The van der Waals surface area contributed by atoms with E-state index in [-0.39, 0.29) is 22.7 Å². The van der Waals surface area contributed by atoms with Crippen LogP contribution in [0.3, 0.4) is 0 Å². The van der Waals surface area contributed by atoms with Crippen molar-refractivity contribution in [3.05, 3.63) is 382 Å². The van der Waals surface area contributed by atoms with E-state index in [0.29, 0.717) is 0 Å². The molecular weight excluding hydrogens is 1070 g/mol. The van der Waals surface area contributed by atoms with Crippen LogP contribution in [-0.2, 0) is 17.3 Å². The molecule has 17 rings (SSSR count). The van der Waals surface area contributed by atoms with Gasteiger partial charge in [0, 0.05) is 56.8 Å². The highest BCUT2D eigenvalue weighted by atomic mass is 15.1. The molecule has 0 N–H and O–H groups in total. The average molecular weight is 1140 g/mol. The molecule has 0 heterocycles. The van der Waals surface area contributed by atoms with E-state index in [4.69, 9.17) is 0 Å². The van der Waals surface area contributed by atoms with E-state index in [9.17, 15) is 0 Å². The van der Waals surface area contributed by atoms with E-state index < -0.39 is 0 Å². The molecule has 13 aromatic rings. The summed E-state index contributed by atoms with van der Waals surface area (Å²) in [5, 5.41) is 0. The third-order valence-electron chi connectivity index (χ3n) is 19.7. The molecule has 0 aliphatic heterocycles. The van der Waals surface area contributed by atoms with Gasteiger partial charge in [0.2, 0.25) is 0 Å². The van der Waals surface area contributed by atoms with Crippen LogP contribution in [0, 0.1) is 0 Å². The summed E-state index contributed by atoms with van der Waals surface area (Å²) in [6, 6.07) is 116. The van der Waals surface area contributed by atoms with Crippen molar-refractivity contribution in [3.63, 3.8) is 0 Å². The summed E-state index contributed by atoms with van der Waals surface area (Å²) >= 11 is 0. The zero-order valence-electron chi connectivity index (χ0n) is 50.8. The second-order valence-corrected chi connectivity index (χ2v) is 25.5. The van der Waals surface area contributed by atoms with Crippen molar-refractivity contribution in [1.82, 2.24) is 0 Å². The van der Waals surface area contributed by atoms with Crippen LogP contribution in [0.5, 0.6) is 0 Å². The Morgan fingerprint density at radius 3 is 1.31 bits per heavy atom. The molecular formula is C87H68N2. The Morgan fingerprint density at radius 2 is 0.697 bits per heavy atom. The molecule has 426 valence electrons. The fourth-order valence-corrected chi connectivity index (χ4v) is 15.4. The lowest BCUT2D eigenvalue weighted by Gasteiger charge is -2.28. The van der Waals surface area contributed by atoms with Gasteiger partial charge in [0.15, 0.2) is 0 Å². The topological polar surface area (TPSA) is 6.48 Å². The minimum Gasteiger partial charge on any atom is -0.310 e. The Balaban J connectivity index is 0.000000145. The van der Waals surface area contributed by atoms with Gasteiger partial charge in [-0.25, -0.2) is 0 Å². The zero-order valence-corrected chi connectivity index (χ0v) is 50.8. The van der Waals surface area contributed by atoms with Crippen molar-refractivity contribution >= 4 is 34.1 Å². The van der Waals surface area contributed by atoms with Crippen LogP contribution in [0.2, 0.25) is 0 Å². The van der Waals surface area contributed by atoms with Gasteiger partial charge in [-0.15, -0.1) is 0 Å². The van der Waals surface area contributed by atoms with Gasteiger partial charge in [-0.2, -0.15) is 0 Å². The molecule has 4 aliphatic carbocycles. The second kappa shape index (κ2) is 21.7. The zero-order chi connectivity index (χ0) is 59.8. The lowest BCUT2D eigenvalue weighted by atomic mass is 9.80. The van der Waals surface area contributed by atoms with E-state index in [0.717, 1.165) is 29.2 Å². The van der Waals surface area contributed by atoms with Crippen LogP contribution in [0.25, 0.3) is 44.5 Å². The van der Waals surface area contributed by atoms with Gasteiger partial charge in [-0.1, -0.05) is 246 Å². The highest BCUT2D eigenvalue weighted by molar-refractivity contribution is 5.91. The minimum atomic E-state index is -0.130. The van der Waals surface area contributed by atoms with Gasteiger partial charge < -0.3 is 9.80 Å². The number of anilines is 6. The van der Waals surface area contributed by atoms with Gasteiger partial charge in [0.1, 0.15) is 0 Å². The van der Waals surface area contributed by atoms with Crippen molar-refractivity contribution in [2.45, 2.75) is 56.8 Å². The van der Waals surface area contributed by atoms with Crippen LogP contribution >= 0.6 is 0 Å². The van der Waals surface area contributed by atoms with Gasteiger partial charge in [-0.05, 0) is 215 Å². The van der Waals surface area contributed by atoms with Crippen molar-refractivity contribution < 1.29 is 0 Å². The number of benzene rings is 13. The Kier molecular flexibility index (Phi) is 13.1. The lowest BCUT2D eigenvalue weighted by molar-refractivity contribution is 0.660. The van der Waals surface area contributed by atoms with Crippen molar-refractivity contribution in [2.24, 2.45) is 0 Å². The van der Waals surface area contributed by atoms with E-state index in [2.05, 4.69) is 353 Å². The number of hydrogen-bond acceptors (Lipinski definition) is 2. The van der Waals surface area contributed by atoms with Crippen LogP contribution in [0.1, 0.15) is 106 Å². The molecule has 2 heteroatoms. The van der Waals surface area contributed by atoms with Gasteiger partial charge in [0.25, 0.3) is 0 Å². The minimum absolute atomic E-state index is 0.0103. The maximum atomic E-state index is 2.49. The molecule has 0 saturated heterocycles. The molecule has 2 atom stereocenters. The molecule has 0 spiro atoms. The van der Waals surface area contributed by atoms with Gasteiger partial charge >= 0.3 is 0 Å². The fraction of sp³-hybridized carbons (Fsp3) is 0.103. The normalized spacial score (nSPS) is 14.7. The molecule has 0 fully saturated rings. The maximum Gasteiger partial charge on any atom is 0.0465 e. The summed E-state index contributed by atoms with van der Waals surface area (Å²) in [4.78, 5) is 4.72. The summed E-state index contributed by atoms with van der Waals surface area (Å²) in [6.07, 6.45) is 0.937. The first-order chi connectivity index (χ1) is 43.7. The monoisotopic (exact) mass is 1140 g/mol. The summed E-state index contributed by atoms with van der Waals surface area (Å²) in [5.74, 6) is 0.413. The second-order valence-electron chi connectivity index (χ2n) is 25.5. The first-order valence-electron chi connectivity index (χ1n) is 31.5. The molecule has 0 aromatic heterocycles. The van der Waals surface area contributed by atoms with Gasteiger partial charge in [0.05, 0.1) is 0 Å². The van der Waals surface area contributed by atoms with Crippen LogP contribution in [-0.4, -0.2) is 0 Å². The SMILES string of the molecule is CC1(C)c2cc(N(c3ccccc3)c3ccccc3)ccc2-c2cc3c(cc21)-c1ccc(N(c2ccccc2)c2ccccc2)cc1C3.CC1(C)c2ccccc2-c2cc(C(c3ccccc3)c3ccc4c(c3)-c3ccccc3C4c3ccccc3)ccc21. The van der Waals surface area contributed by atoms with E-state index in [1.165, 1.54) is 123 Å². The molecule has 89 heavy (non-hydrogen) atoms. The lowest BCUT2D eigenvalue weighted by Crippen LogP contribution is -2.16. The summed E-state index contributed by atoms with van der Waals surface area (Å²) in [6.45, 7) is 9.49. The molecule has 2 nitrogen and oxygen atoms in total. The number of para-hydroxylation sites is 4. The first-order valence-corrected chi connectivity index (χ1v) is 31.5. The van der Waals surface area contributed by atoms with Crippen LogP contribution in [0.15, 0.2) is 315 Å². The highest BCUT2D eigenvalue weighted by Gasteiger charge is 2.39. The molecule has 0 radical (unpaired) electrons. The van der Waals surface area contributed by atoms with Crippen LogP contribution in [0.4, 0.5) is 34.1 Å². The fourth-order valence-electron chi connectivity index (χ4n) is 15.4. The van der Waals surface area contributed by atoms with Gasteiger partial charge in [-0.3, -0.25) is 0 Å². The van der Waals surface area contributed by atoms with Crippen molar-refractivity contribution in [1.29, 1.82) is 0 Å². The van der Waals surface area contributed by atoms with Crippen molar-refractivity contribution in [2.75, 3.05) is 9.80 Å². The predicted molar refractivity (Wildman–Crippen MR) is 372 cm³/mol. The van der Waals surface area contributed by atoms with Crippen LogP contribution < -0.4 is 9.80 Å². The van der Waals surface area contributed by atoms with E-state index >= 15 is 0 Å².